The fourth-order valence-electron chi connectivity index (χ4n) is 1.82. The van der Waals surface area contributed by atoms with Gasteiger partial charge >= 0.3 is 23.9 Å². The van der Waals surface area contributed by atoms with E-state index < -0.39 is 23.9 Å². The van der Waals surface area contributed by atoms with Gasteiger partial charge in [0.25, 0.3) is 0 Å². The van der Waals surface area contributed by atoms with Crippen molar-refractivity contribution in [3.8, 4) is 0 Å². The number of ether oxygens (including phenoxy) is 6. The topological polar surface area (TPSA) is 89.5 Å². The molecule has 0 saturated heterocycles. The minimum atomic E-state index is -1.51. The summed E-state index contributed by atoms with van der Waals surface area (Å²) >= 11 is 0. The molecule has 0 aromatic carbocycles. The molecule has 0 unspecified atom stereocenters. The van der Waals surface area contributed by atoms with Crippen LogP contribution in [-0.4, -0.2) is 50.3 Å². The molecule has 0 saturated carbocycles. The fourth-order valence-corrected chi connectivity index (χ4v) is 1.82. The van der Waals surface area contributed by atoms with Gasteiger partial charge in [0.05, 0.1) is 26.4 Å². The Hall–Kier alpha value is -1.48. The highest BCUT2D eigenvalue weighted by Crippen LogP contribution is 2.16. The zero-order valence-corrected chi connectivity index (χ0v) is 15.2. The average Bonchev–Trinajstić information content (AvgIpc) is 2.45. The third-order valence-corrected chi connectivity index (χ3v) is 2.55. The minimum Gasteiger partial charge on any atom is -0.405 e. The van der Waals surface area contributed by atoms with Gasteiger partial charge < -0.3 is 28.4 Å². The van der Waals surface area contributed by atoms with E-state index in [9.17, 15) is 9.59 Å². The van der Waals surface area contributed by atoms with E-state index in [2.05, 4.69) is 0 Å². The van der Waals surface area contributed by atoms with Gasteiger partial charge in [0.1, 0.15) is 0 Å². The Kier molecular flexibility index (Phi) is 10.5. The summed E-state index contributed by atoms with van der Waals surface area (Å²) in [7, 11) is 0. The number of rotatable bonds is 12. The summed E-state index contributed by atoms with van der Waals surface area (Å²) in [6.07, 6.45) is 1.83. The van der Waals surface area contributed by atoms with Gasteiger partial charge in [-0.15, -0.1) is 0 Å². The zero-order chi connectivity index (χ0) is 18.6. The van der Waals surface area contributed by atoms with Crippen LogP contribution in [0.5, 0.6) is 0 Å². The Morgan fingerprint density at radius 1 is 0.667 bits per heavy atom. The molecule has 0 spiro atoms. The molecule has 0 aliphatic heterocycles. The molecule has 0 radical (unpaired) electrons. The van der Waals surface area contributed by atoms with E-state index >= 15 is 0 Å². The molecule has 0 fully saturated rings. The Morgan fingerprint density at radius 2 is 0.917 bits per heavy atom. The SMILES string of the molecule is CCOC(C)(OCC)OC(=O)/C=C\C(=O)OC(C)(OCC)OCC. The van der Waals surface area contributed by atoms with E-state index in [1.807, 2.05) is 0 Å². The lowest BCUT2D eigenvalue weighted by molar-refractivity contribution is -0.349. The highest BCUT2D eigenvalue weighted by Gasteiger charge is 2.31. The van der Waals surface area contributed by atoms with Gasteiger partial charge in [-0.1, -0.05) is 0 Å². The Balaban J connectivity index is 4.69. The summed E-state index contributed by atoms with van der Waals surface area (Å²) in [5, 5.41) is 0. The highest BCUT2D eigenvalue weighted by atomic mass is 16.9. The van der Waals surface area contributed by atoms with Crippen LogP contribution in [0.3, 0.4) is 0 Å². The maximum Gasteiger partial charge on any atom is 0.335 e. The third-order valence-electron chi connectivity index (χ3n) is 2.55. The van der Waals surface area contributed by atoms with E-state index in [0.717, 1.165) is 12.2 Å². The van der Waals surface area contributed by atoms with E-state index in [1.54, 1.807) is 27.7 Å². The van der Waals surface area contributed by atoms with Gasteiger partial charge in [0.2, 0.25) is 0 Å². The van der Waals surface area contributed by atoms with E-state index in [0.29, 0.717) is 0 Å². The molecule has 0 amide bonds. The molecule has 0 heterocycles. The van der Waals surface area contributed by atoms with E-state index in [4.69, 9.17) is 28.4 Å². The molecular weight excluding hydrogens is 320 g/mol. The molecule has 0 atom stereocenters. The number of carbonyl (C=O) groups is 2. The second-order valence-corrected chi connectivity index (χ2v) is 4.63. The lowest BCUT2D eigenvalue weighted by Crippen LogP contribution is -2.38. The first-order valence-corrected chi connectivity index (χ1v) is 7.94. The lowest BCUT2D eigenvalue weighted by atomic mass is 10.5. The molecule has 0 aliphatic carbocycles. The van der Waals surface area contributed by atoms with Crippen molar-refractivity contribution in [3.63, 3.8) is 0 Å². The van der Waals surface area contributed by atoms with Crippen molar-refractivity contribution in [1.29, 1.82) is 0 Å². The molecule has 8 nitrogen and oxygen atoms in total. The summed E-state index contributed by atoms with van der Waals surface area (Å²) < 4.78 is 31.1. The number of hydrogen-bond acceptors (Lipinski definition) is 8. The number of carbonyl (C=O) groups excluding carboxylic acids is 2. The maximum atomic E-state index is 11.8. The van der Waals surface area contributed by atoms with Crippen LogP contribution in [0.4, 0.5) is 0 Å². The highest BCUT2D eigenvalue weighted by molar-refractivity contribution is 5.91. The van der Waals surface area contributed by atoms with Crippen LogP contribution in [0.2, 0.25) is 0 Å². The minimum absolute atomic E-state index is 0.288. The van der Waals surface area contributed by atoms with Crippen molar-refractivity contribution < 1.29 is 38.0 Å². The monoisotopic (exact) mass is 348 g/mol. The predicted molar refractivity (Wildman–Crippen MR) is 84.6 cm³/mol. The summed E-state index contributed by atoms with van der Waals surface area (Å²) in [6.45, 7) is 11.0. The fraction of sp³-hybridized carbons (Fsp3) is 0.750. The molecule has 0 rings (SSSR count). The van der Waals surface area contributed by atoms with Crippen LogP contribution in [0.15, 0.2) is 12.2 Å². The predicted octanol–water partition coefficient (Wildman–Crippen LogP) is 2.12. The quantitative estimate of drug-likeness (QED) is 0.301. The second kappa shape index (κ2) is 11.1. The molecule has 8 heteroatoms. The first-order valence-electron chi connectivity index (χ1n) is 7.94. The summed E-state index contributed by atoms with van der Waals surface area (Å²) in [6, 6.07) is 0. The van der Waals surface area contributed by atoms with Gasteiger partial charge in [-0.2, -0.15) is 0 Å². The molecule has 0 aromatic heterocycles. The van der Waals surface area contributed by atoms with Crippen LogP contribution in [0.25, 0.3) is 0 Å². The van der Waals surface area contributed by atoms with Gasteiger partial charge in [-0.25, -0.2) is 9.59 Å². The molecule has 24 heavy (non-hydrogen) atoms. The molecule has 0 aliphatic rings. The van der Waals surface area contributed by atoms with Gasteiger partial charge in [0, 0.05) is 26.0 Å². The number of hydrogen-bond donors (Lipinski definition) is 0. The van der Waals surface area contributed by atoms with Crippen molar-refractivity contribution in [2.45, 2.75) is 53.5 Å². The van der Waals surface area contributed by atoms with Crippen molar-refractivity contribution in [2.75, 3.05) is 26.4 Å². The van der Waals surface area contributed by atoms with Gasteiger partial charge in [0.15, 0.2) is 0 Å². The first-order chi connectivity index (χ1) is 11.2. The molecule has 140 valence electrons. The third kappa shape index (κ3) is 8.97. The largest absolute Gasteiger partial charge is 0.405 e. The van der Waals surface area contributed by atoms with Crippen LogP contribution < -0.4 is 0 Å². The van der Waals surface area contributed by atoms with Crippen LogP contribution >= 0.6 is 0 Å². The smallest absolute Gasteiger partial charge is 0.335 e. The molecule has 0 bridgehead atoms. The molecule has 0 N–H and O–H groups in total. The van der Waals surface area contributed by atoms with Crippen LogP contribution in [0, 0.1) is 0 Å². The molecular formula is C16H28O8. The van der Waals surface area contributed by atoms with Crippen molar-refractivity contribution in [2.24, 2.45) is 0 Å². The number of esters is 2. The van der Waals surface area contributed by atoms with E-state index in [1.165, 1.54) is 13.8 Å². The van der Waals surface area contributed by atoms with Gasteiger partial charge in [-0.05, 0) is 27.7 Å². The second-order valence-electron chi connectivity index (χ2n) is 4.63. The maximum absolute atomic E-state index is 11.8. The van der Waals surface area contributed by atoms with Crippen molar-refractivity contribution >= 4 is 11.9 Å². The Morgan fingerprint density at radius 3 is 1.12 bits per heavy atom. The van der Waals surface area contributed by atoms with Crippen LogP contribution in [0.1, 0.15) is 41.5 Å². The summed E-state index contributed by atoms with van der Waals surface area (Å²) in [4.78, 5) is 23.6. The summed E-state index contributed by atoms with van der Waals surface area (Å²) in [5.74, 6) is -4.66. The van der Waals surface area contributed by atoms with E-state index in [-0.39, 0.29) is 26.4 Å². The molecule has 0 aromatic rings. The Bertz CT molecular complexity index is 368. The van der Waals surface area contributed by atoms with Crippen molar-refractivity contribution in [1.82, 2.24) is 0 Å². The summed E-state index contributed by atoms with van der Waals surface area (Å²) in [5.41, 5.74) is 0. The van der Waals surface area contributed by atoms with Gasteiger partial charge in [-0.3, -0.25) is 0 Å². The lowest BCUT2D eigenvalue weighted by Gasteiger charge is -2.28. The normalized spacial score (nSPS) is 12.4. The Labute approximate surface area is 143 Å². The van der Waals surface area contributed by atoms with Crippen LogP contribution in [-0.2, 0) is 38.0 Å². The first kappa shape index (κ1) is 22.5. The zero-order valence-electron chi connectivity index (χ0n) is 15.2. The standard InChI is InChI=1S/C16H28O8/c1-7-19-15(5,20-8-2)23-13(17)11-12-14(18)24-16(6,21-9-3)22-10-4/h11-12H,7-10H2,1-6H3/b12-11-. The average molecular weight is 348 g/mol. The van der Waals surface area contributed by atoms with Crippen molar-refractivity contribution in [3.05, 3.63) is 12.2 Å².